The number of hydrogen-bond acceptors (Lipinski definition) is 0. The van der Waals surface area contributed by atoms with E-state index in [1.54, 1.807) is 0 Å². The van der Waals surface area contributed by atoms with E-state index < -0.39 is 0 Å². The number of rotatable bonds is 0. The predicted octanol–water partition coefficient (Wildman–Crippen LogP) is -3.82. The van der Waals surface area contributed by atoms with Crippen LogP contribution >= 0.6 is 0 Å². The van der Waals surface area contributed by atoms with E-state index in [0.29, 0.717) is 0 Å². The van der Waals surface area contributed by atoms with Crippen molar-refractivity contribution >= 4 is 36.7 Å². The molecule has 0 unspecified atom stereocenters. The predicted molar refractivity (Wildman–Crippen MR) is 31.2 cm³/mol. The van der Waals surface area contributed by atoms with E-state index >= 15 is 0 Å². The smallest absolute Gasteiger partial charge is 0.0149 e. The van der Waals surface area contributed by atoms with Gasteiger partial charge in [-0.05, 0) is 11.0 Å². The monoisotopic (exact) mass is 128 g/mol. The molecule has 0 nitrogen and oxygen atoms in total. The largest absolute Gasteiger partial charge is 0.187 e. The Bertz CT molecular complexity index is 8.00. The van der Waals surface area contributed by atoms with Crippen LogP contribution in [-0.2, 0) is 17.4 Å². The molecule has 0 saturated heterocycles. The van der Waals surface area contributed by atoms with Crippen molar-refractivity contribution in [1.82, 2.24) is 0 Å². The average molecular weight is 128 g/mol. The second-order valence-corrected chi connectivity index (χ2v) is 0. The van der Waals surface area contributed by atoms with Crippen molar-refractivity contribution in [2.24, 2.45) is 0 Å². The fourth-order valence-corrected chi connectivity index (χ4v) is 0. The van der Waals surface area contributed by atoms with Crippen LogP contribution in [0, 0.1) is 0 Å². The third-order valence-corrected chi connectivity index (χ3v) is 0. The Morgan fingerprint density at radius 1 is 1.00 bits per heavy atom. The SMILES string of the molecule is B.[AlH3].[Cr].[SiH4]. The van der Waals surface area contributed by atoms with Gasteiger partial charge in [0.05, 0.1) is 8.41 Å². The van der Waals surface area contributed by atoms with Gasteiger partial charge in [0, 0.05) is 17.4 Å². The van der Waals surface area contributed by atoms with Crippen LogP contribution in [0.5, 0.6) is 0 Å². The molecule has 0 aliphatic carbocycles. The Labute approximate surface area is 54.2 Å². The van der Waals surface area contributed by atoms with E-state index in [2.05, 4.69) is 0 Å². The van der Waals surface area contributed by atoms with Gasteiger partial charge in [-0.1, -0.05) is 0 Å². The zero-order valence-corrected chi connectivity index (χ0v) is 1.68. The first-order valence-corrected chi connectivity index (χ1v) is 0. The van der Waals surface area contributed by atoms with Crippen molar-refractivity contribution in [3.63, 3.8) is 0 Å². The van der Waals surface area contributed by atoms with Gasteiger partial charge in [-0.3, -0.25) is 0 Å². The molecule has 0 atom stereocenters. The standard InChI is InChI=1S/Al.BH3.Cr.H4Si.3H/h;1H3;;1H4;;;. The van der Waals surface area contributed by atoms with Crippen molar-refractivity contribution in [2.45, 2.75) is 0 Å². The van der Waals surface area contributed by atoms with Crippen LogP contribution in [0.1, 0.15) is 0 Å². The minimum absolute atomic E-state index is 0. The molecule has 0 aliphatic rings. The van der Waals surface area contributed by atoms with Crippen molar-refractivity contribution < 1.29 is 17.4 Å². The summed E-state index contributed by atoms with van der Waals surface area (Å²) in [4.78, 5) is 0. The van der Waals surface area contributed by atoms with Gasteiger partial charge in [-0.25, -0.2) is 0 Å². The molecule has 0 aromatic rings. The van der Waals surface area contributed by atoms with Crippen LogP contribution in [0.25, 0.3) is 0 Å². The molecule has 4 heavy (non-hydrogen) atoms. The molecule has 0 aromatic heterocycles. The van der Waals surface area contributed by atoms with Gasteiger partial charge >= 0.3 is 0 Å². The molecule has 0 radical (unpaired) electrons. The maximum Gasteiger partial charge on any atom is 0.187 e. The Hall–Kier alpha value is 1.35. The molecule has 0 spiro atoms. The van der Waals surface area contributed by atoms with Gasteiger partial charge in [0.15, 0.2) is 17.4 Å². The molecule has 26 valence electrons. The van der Waals surface area contributed by atoms with E-state index in [0.717, 1.165) is 0 Å². The van der Waals surface area contributed by atoms with Gasteiger partial charge in [0.1, 0.15) is 0 Å². The summed E-state index contributed by atoms with van der Waals surface area (Å²) in [7, 11) is 0. The van der Waals surface area contributed by atoms with Crippen molar-refractivity contribution in [2.75, 3.05) is 0 Å². The second-order valence-electron chi connectivity index (χ2n) is 0. The zero-order chi connectivity index (χ0) is 0. The third kappa shape index (κ3) is 10.2. The minimum atomic E-state index is 0. The summed E-state index contributed by atoms with van der Waals surface area (Å²) in [5.41, 5.74) is 0. The van der Waals surface area contributed by atoms with Gasteiger partial charge in [0.25, 0.3) is 0 Å². The van der Waals surface area contributed by atoms with E-state index in [-0.39, 0.29) is 54.1 Å². The first-order valence-electron chi connectivity index (χ1n) is 0. The zero-order valence-electron chi connectivity index (χ0n) is 0.408. The fourth-order valence-electron chi connectivity index (χ4n) is 0. The first-order chi connectivity index (χ1) is 0. The third-order valence-electron chi connectivity index (χ3n) is 0. The van der Waals surface area contributed by atoms with Crippen LogP contribution < -0.4 is 0 Å². The fraction of sp³-hybridized carbons (Fsp3) is 0. The van der Waals surface area contributed by atoms with E-state index in [1.165, 1.54) is 0 Å². The van der Waals surface area contributed by atoms with E-state index in [9.17, 15) is 0 Å². The van der Waals surface area contributed by atoms with E-state index in [1.807, 2.05) is 0 Å². The van der Waals surface area contributed by atoms with Crippen LogP contribution in [-0.4, -0.2) is 36.7 Å². The van der Waals surface area contributed by atoms with Gasteiger partial charge in [-0.2, -0.15) is 0 Å². The normalized spacial score (nSPS) is 0. The van der Waals surface area contributed by atoms with Crippen LogP contribution in [0.3, 0.4) is 0 Å². The minimum Gasteiger partial charge on any atom is -0.0149 e. The molecule has 0 rings (SSSR count). The molecule has 0 aliphatic heterocycles. The summed E-state index contributed by atoms with van der Waals surface area (Å²) in [6, 6.07) is 0. The van der Waals surface area contributed by atoms with Crippen LogP contribution in [0.4, 0.5) is 0 Å². The van der Waals surface area contributed by atoms with Crippen LogP contribution in [0.2, 0.25) is 0 Å². The van der Waals surface area contributed by atoms with Crippen LogP contribution in [0.15, 0.2) is 0 Å². The molecule has 0 aromatic carbocycles. The molecule has 0 amide bonds. The maximum atomic E-state index is 0. The Kier molecular flexibility index (Phi) is 374. The summed E-state index contributed by atoms with van der Waals surface area (Å²) in [5, 5.41) is 0. The molecular weight excluding hydrogens is 118 g/mol. The topological polar surface area (TPSA) is 0 Å². The molecule has 0 heterocycles. The summed E-state index contributed by atoms with van der Waals surface area (Å²) < 4.78 is 0. The van der Waals surface area contributed by atoms with Gasteiger partial charge in [0.2, 0.25) is 0 Å². The summed E-state index contributed by atoms with van der Waals surface area (Å²) >= 11 is 0. The maximum absolute atomic E-state index is 0. The van der Waals surface area contributed by atoms with Gasteiger partial charge < -0.3 is 0 Å². The molecule has 4 heteroatoms. The molecule has 0 fully saturated rings. The van der Waals surface area contributed by atoms with Gasteiger partial charge in [-0.15, -0.1) is 0 Å². The van der Waals surface area contributed by atoms with Crippen molar-refractivity contribution in [3.8, 4) is 0 Å². The first kappa shape index (κ1) is 55.7. The molecule has 0 saturated carbocycles. The average Bonchev–Trinajstić information content (AvgIpc) is 0. The molecule has 0 N–H and O–H groups in total. The number of hydrogen-bond donors (Lipinski definition) is 0. The Morgan fingerprint density at radius 2 is 1.00 bits per heavy atom. The van der Waals surface area contributed by atoms with E-state index in [4.69, 9.17) is 0 Å². The summed E-state index contributed by atoms with van der Waals surface area (Å²) in [6.07, 6.45) is 0. The second kappa shape index (κ2) is 26.8. The Balaban J connectivity index is 0. The van der Waals surface area contributed by atoms with Crippen molar-refractivity contribution in [1.29, 1.82) is 0 Å². The molecular formula is H10AlBCrSi. The quantitative estimate of drug-likeness (QED) is 0.293. The Morgan fingerprint density at radius 3 is 1.00 bits per heavy atom. The van der Waals surface area contributed by atoms with Crippen molar-refractivity contribution in [3.05, 3.63) is 0 Å². The molecule has 0 bridgehead atoms. The summed E-state index contributed by atoms with van der Waals surface area (Å²) in [6.45, 7) is 0. The summed E-state index contributed by atoms with van der Waals surface area (Å²) in [5.74, 6) is 0.